The molecule has 0 unspecified atom stereocenters. The van der Waals surface area contributed by atoms with Gasteiger partial charge in [0.15, 0.2) is 6.10 Å². The van der Waals surface area contributed by atoms with Crippen molar-refractivity contribution in [3.63, 3.8) is 0 Å². The van der Waals surface area contributed by atoms with E-state index in [0.29, 0.717) is 11.3 Å². The van der Waals surface area contributed by atoms with Crippen molar-refractivity contribution in [3.05, 3.63) is 35.9 Å². The number of ether oxygens (including phenoxy) is 2. The van der Waals surface area contributed by atoms with Crippen LogP contribution in [0.25, 0.3) is 6.08 Å². The summed E-state index contributed by atoms with van der Waals surface area (Å²) in [7, 11) is 1.52. The quantitative estimate of drug-likeness (QED) is 0.609. The maximum Gasteiger partial charge on any atom is 0.331 e. The molecule has 7 nitrogen and oxygen atoms in total. The normalized spacial score (nSPS) is 12.0. The molecule has 0 aliphatic carbocycles. The minimum Gasteiger partial charge on any atom is -0.496 e. The monoisotopic (exact) mass is 320 g/mol. The molecule has 0 bridgehead atoms. The van der Waals surface area contributed by atoms with Gasteiger partial charge in [0.2, 0.25) is 0 Å². The number of hydrogen-bond donors (Lipinski definition) is 2. The highest BCUT2D eigenvalue weighted by molar-refractivity contribution is 5.97. The molecule has 0 saturated heterocycles. The van der Waals surface area contributed by atoms with Crippen LogP contribution < -0.4 is 15.8 Å². The van der Waals surface area contributed by atoms with Crippen LogP contribution in [0.2, 0.25) is 0 Å². The van der Waals surface area contributed by atoms with Gasteiger partial charge in [-0.2, -0.15) is 0 Å². The number of hydrogen-bond acceptors (Lipinski definition) is 5. The van der Waals surface area contributed by atoms with E-state index in [4.69, 9.17) is 15.2 Å². The van der Waals surface area contributed by atoms with Gasteiger partial charge in [-0.15, -0.1) is 0 Å². The topological polar surface area (TPSA) is 108 Å². The second-order valence-electron chi connectivity index (χ2n) is 5.03. The Morgan fingerprint density at radius 3 is 2.43 bits per heavy atom. The SMILES string of the molecule is COc1ccccc1/C=C/C(=O)O[C@H](C(=O)NC(N)=O)C(C)C. The maximum absolute atomic E-state index is 11.9. The zero-order valence-corrected chi connectivity index (χ0v) is 13.2. The fourth-order valence-electron chi connectivity index (χ4n) is 1.81. The summed E-state index contributed by atoms with van der Waals surface area (Å²) in [6, 6.07) is 6.12. The molecule has 1 rings (SSSR count). The summed E-state index contributed by atoms with van der Waals surface area (Å²) in [4.78, 5) is 34.4. The first kappa shape index (κ1) is 18.2. The smallest absolute Gasteiger partial charge is 0.331 e. The van der Waals surface area contributed by atoms with Crippen LogP contribution in [0, 0.1) is 5.92 Å². The van der Waals surface area contributed by atoms with E-state index in [9.17, 15) is 14.4 Å². The third-order valence-corrected chi connectivity index (χ3v) is 2.89. The Kier molecular flexibility index (Phi) is 6.79. The second-order valence-corrected chi connectivity index (χ2v) is 5.03. The highest BCUT2D eigenvalue weighted by atomic mass is 16.5. The number of rotatable bonds is 6. The third kappa shape index (κ3) is 5.82. The molecule has 124 valence electrons. The van der Waals surface area contributed by atoms with E-state index >= 15 is 0 Å². The number of carbonyl (C=O) groups excluding carboxylic acids is 3. The van der Waals surface area contributed by atoms with Crippen molar-refractivity contribution in [2.45, 2.75) is 20.0 Å². The highest BCUT2D eigenvalue weighted by Crippen LogP contribution is 2.18. The fraction of sp³-hybridized carbons (Fsp3) is 0.312. The number of para-hydroxylation sites is 1. The second kappa shape index (κ2) is 8.57. The Labute approximate surface area is 134 Å². The van der Waals surface area contributed by atoms with E-state index in [0.717, 1.165) is 0 Å². The first-order valence-corrected chi connectivity index (χ1v) is 6.97. The fourth-order valence-corrected chi connectivity index (χ4v) is 1.81. The van der Waals surface area contributed by atoms with E-state index in [1.54, 1.807) is 38.1 Å². The zero-order chi connectivity index (χ0) is 17.4. The molecule has 0 fully saturated rings. The number of methoxy groups -OCH3 is 1. The largest absolute Gasteiger partial charge is 0.496 e. The van der Waals surface area contributed by atoms with Gasteiger partial charge in [0, 0.05) is 11.6 Å². The molecule has 0 spiro atoms. The minimum atomic E-state index is -1.11. The first-order chi connectivity index (χ1) is 10.8. The number of urea groups is 1. The van der Waals surface area contributed by atoms with Gasteiger partial charge in [-0.1, -0.05) is 32.0 Å². The van der Waals surface area contributed by atoms with E-state index in [1.807, 2.05) is 5.32 Å². The predicted molar refractivity (Wildman–Crippen MR) is 84.5 cm³/mol. The van der Waals surface area contributed by atoms with Crippen molar-refractivity contribution in [3.8, 4) is 5.75 Å². The Balaban J connectivity index is 2.78. The van der Waals surface area contributed by atoms with Crippen LogP contribution in [0.15, 0.2) is 30.3 Å². The average molecular weight is 320 g/mol. The molecule has 1 aromatic rings. The van der Waals surface area contributed by atoms with Gasteiger partial charge in [-0.3, -0.25) is 10.1 Å². The molecule has 1 atom stereocenters. The molecule has 0 saturated carbocycles. The van der Waals surface area contributed by atoms with E-state index in [-0.39, 0.29) is 5.92 Å². The summed E-state index contributed by atoms with van der Waals surface area (Å²) in [5.41, 5.74) is 5.58. The summed E-state index contributed by atoms with van der Waals surface area (Å²) in [5, 5.41) is 1.90. The molecule has 0 radical (unpaired) electrons. The molecule has 1 aromatic carbocycles. The van der Waals surface area contributed by atoms with Crippen molar-refractivity contribution < 1.29 is 23.9 Å². The molecular weight excluding hydrogens is 300 g/mol. The molecule has 3 N–H and O–H groups in total. The van der Waals surface area contributed by atoms with E-state index in [1.165, 1.54) is 19.3 Å². The lowest BCUT2D eigenvalue weighted by molar-refractivity contribution is -0.153. The van der Waals surface area contributed by atoms with Crippen LogP contribution in [0.1, 0.15) is 19.4 Å². The third-order valence-electron chi connectivity index (χ3n) is 2.89. The standard InChI is InChI=1S/C16H20N2O5/c1-10(2)14(15(20)18-16(17)21)23-13(19)9-8-11-6-4-5-7-12(11)22-3/h4-10,14H,1-3H3,(H3,17,18,20,21)/b9-8+/t14-/m0/s1. The molecule has 3 amide bonds. The first-order valence-electron chi connectivity index (χ1n) is 6.97. The van der Waals surface area contributed by atoms with Crippen LogP contribution in [0.4, 0.5) is 4.79 Å². The summed E-state index contributed by atoms with van der Waals surface area (Å²) in [5.74, 6) is -1.19. The lowest BCUT2D eigenvalue weighted by Crippen LogP contribution is -2.45. The number of amides is 3. The minimum absolute atomic E-state index is 0.321. The van der Waals surface area contributed by atoms with Crippen LogP contribution in [0.3, 0.4) is 0 Å². The average Bonchev–Trinajstić information content (AvgIpc) is 2.49. The number of nitrogens with two attached hydrogens (primary N) is 1. The zero-order valence-electron chi connectivity index (χ0n) is 13.2. The molecule has 7 heteroatoms. The Bertz CT molecular complexity index is 610. The highest BCUT2D eigenvalue weighted by Gasteiger charge is 2.26. The van der Waals surface area contributed by atoms with Crippen LogP contribution in [-0.4, -0.2) is 31.1 Å². The number of primary amides is 1. The molecular formula is C16H20N2O5. The number of benzene rings is 1. The van der Waals surface area contributed by atoms with Gasteiger partial charge in [0.05, 0.1) is 7.11 Å². The van der Waals surface area contributed by atoms with Crippen molar-refractivity contribution in [2.24, 2.45) is 11.7 Å². The van der Waals surface area contributed by atoms with Gasteiger partial charge < -0.3 is 15.2 Å². The summed E-state index contributed by atoms with van der Waals surface area (Å²) < 4.78 is 10.2. The van der Waals surface area contributed by atoms with Crippen LogP contribution in [0.5, 0.6) is 5.75 Å². The molecule has 0 heterocycles. The van der Waals surface area contributed by atoms with Crippen LogP contribution in [-0.2, 0) is 14.3 Å². The summed E-state index contributed by atoms with van der Waals surface area (Å²) >= 11 is 0. The summed E-state index contributed by atoms with van der Waals surface area (Å²) in [6.07, 6.45) is 1.59. The number of carbonyl (C=O) groups is 3. The predicted octanol–water partition coefficient (Wildman–Crippen LogP) is 1.47. The van der Waals surface area contributed by atoms with Crippen molar-refractivity contribution >= 4 is 24.0 Å². The summed E-state index contributed by atoms with van der Waals surface area (Å²) in [6.45, 7) is 3.37. The Morgan fingerprint density at radius 1 is 1.22 bits per heavy atom. The molecule has 23 heavy (non-hydrogen) atoms. The maximum atomic E-state index is 11.9. The molecule has 0 aliphatic rings. The lowest BCUT2D eigenvalue weighted by Gasteiger charge is -2.18. The van der Waals surface area contributed by atoms with Gasteiger partial charge in [-0.25, -0.2) is 9.59 Å². The van der Waals surface area contributed by atoms with Gasteiger partial charge in [0.25, 0.3) is 5.91 Å². The number of esters is 1. The molecule has 0 aliphatic heterocycles. The van der Waals surface area contributed by atoms with Gasteiger partial charge >= 0.3 is 12.0 Å². The van der Waals surface area contributed by atoms with Crippen molar-refractivity contribution in [1.82, 2.24) is 5.32 Å². The van der Waals surface area contributed by atoms with Crippen molar-refractivity contribution in [2.75, 3.05) is 7.11 Å². The number of nitrogens with one attached hydrogen (secondary N) is 1. The molecule has 0 aromatic heterocycles. The van der Waals surface area contributed by atoms with Crippen molar-refractivity contribution in [1.29, 1.82) is 0 Å². The Hall–Kier alpha value is -2.83. The van der Waals surface area contributed by atoms with Gasteiger partial charge in [0.1, 0.15) is 5.75 Å². The van der Waals surface area contributed by atoms with Gasteiger partial charge in [-0.05, 0) is 18.1 Å². The van der Waals surface area contributed by atoms with E-state index in [2.05, 4.69) is 0 Å². The Morgan fingerprint density at radius 2 is 1.87 bits per heavy atom. The lowest BCUT2D eigenvalue weighted by atomic mass is 10.1. The number of imide groups is 1. The van der Waals surface area contributed by atoms with E-state index < -0.39 is 24.0 Å². The van der Waals surface area contributed by atoms with Crippen LogP contribution >= 0.6 is 0 Å².